The molecule has 0 saturated carbocycles. The molecule has 0 aromatic rings. The molecule has 1 nitrogen and oxygen atoms in total. The van der Waals surface area contributed by atoms with Gasteiger partial charge in [0.15, 0.2) is 0 Å². The van der Waals surface area contributed by atoms with Crippen molar-refractivity contribution in [2.75, 3.05) is 0 Å². The first kappa shape index (κ1) is 15.0. The van der Waals surface area contributed by atoms with E-state index in [1.54, 1.807) is 6.08 Å². The smallest absolute Gasteiger partial charge is 0.108 e. The zero-order chi connectivity index (χ0) is 12.9. The largest absolute Gasteiger partial charge is 0.509 e. The summed E-state index contributed by atoms with van der Waals surface area (Å²) in [5.41, 5.74) is 1.36. The van der Waals surface area contributed by atoms with Gasteiger partial charge >= 0.3 is 0 Å². The Morgan fingerprint density at radius 1 is 1.19 bits per heavy atom. The molecule has 0 saturated heterocycles. The molecule has 0 heterocycles. The molecule has 0 bridgehead atoms. The summed E-state index contributed by atoms with van der Waals surface area (Å²) < 4.78 is 0. The summed E-state index contributed by atoms with van der Waals surface area (Å²) in [4.78, 5) is 0. The molecular formula is C15H26O. The predicted molar refractivity (Wildman–Crippen MR) is 72.4 cm³/mol. The lowest BCUT2D eigenvalue weighted by Gasteiger charge is -2.29. The van der Waals surface area contributed by atoms with Gasteiger partial charge < -0.3 is 5.11 Å². The third-order valence-electron chi connectivity index (χ3n) is 2.60. The number of rotatable bonds is 5. The van der Waals surface area contributed by atoms with E-state index >= 15 is 0 Å². The summed E-state index contributed by atoms with van der Waals surface area (Å²) in [5.74, 6) is 1.10. The van der Waals surface area contributed by atoms with Crippen molar-refractivity contribution < 1.29 is 5.11 Å². The van der Waals surface area contributed by atoms with Gasteiger partial charge in [-0.3, -0.25) is 0 Å². The van der Waals surface area contributed by atoms with Crippen molar-refractivity contribution in [2.24, 2.45) is 17.3 Å². The van der Waals surface area contributed by atoms with Gasteiger partial charge in [0.05, 0.1) is 0 Å². The van der Waals surface area contributed by atoms with Crippen LogP contribution in [0.3, 0.4) is 0 Å². The maximum atomic E-state index is 9.03. The van der Waals surface area contributed by atoms with Crippen LogP contribution in [0.4, 0.5) is 0 Å². The quantitative estimate of drug-likeness (QED) is 0.519. The molecule has 1 atom stereocenters. The topological polar surface area (TPSA) is 20.2 Å². The van der Waals surface area contributed by atoms with Crippen LogP contribution >= 0.6 is 0 Å². The number of aliphatic hydroxyl groups is 1. The Hall–Kier alpha value is -0.980. The van der Waals surface area contributed by atoms with Crippen molar-refractivity contribution in [1.82, 2.24) is 0 Å². The van der Waals surface area contributed by atoms with Gasteiger partial charge in [-0.2, -0.15) is 0 Å². The molecule has 1 unspecified atom stereocenters. The monoisotopic (exact) mass is 222 g/mol. The minimum Gasteiger partial charge on any atom is -0.509 e. The second-order valence-corrected chi connectivity index (χ2v) is 6.01. The molecule has 0 aromatic heterocycles. The van der Waals surface area contributed by atoms with E-state index in [9.17, 15) is 0 Å². The van der Waals surface area contributed by atoms with Gasteiger partial charge in [0.25, 0.3) is 0 Å². The zero-order valence-electron chi connectivity index (χ0n) is 11.4. The highest BCUT2D eigenvalue weighted by molar-refractivity contribution is 5.23. The van der Waals surface area contributed by atoms with E-state index in [1.165, 1.54) is 0 Å². The highest BCUT2D eigenvalue weighted by Crippen LogP contribution is 2.33. The Kier molecular flexibility index (Phi) is 5.57. The Labute approximate surface area is 101 Å². The van der Waals surface area contributed by atoms with E-state index in [-0.39, 0.29) is 5.76 Å². The lowest BCUT2D eigenvalue weighted by Crippen LogP contribution is -2.18. The average molecular weight is 222 g/mol. The van der Waals surface area contributed by atoms with Gasteiger partial charge in [-0.1, -0.05) is 59.4 Å². The summed E-state index contributed by atoms with van der Waals surface area (Å²) in [6.45, 7) is 18.7. The minimum absolute atomic E-state index is 0.0828. The second-order valence-electron chi connectivity index (χ2n) is 6.01. The third kappa shape index (κ3) is 6.49. The summed E-state index contributed by atoms with van der Waals surface area (Å²) >= 11 is 0. The van der Waals surface area contributed by atoms with Crippen LogP contribution in [0.1, 0.15) is 41.0 Å². The van der Waals surface area contributed by atoms with Crippen molar-refractivity contribution in [3.05, 3.63) is 36.6 Å². The lowest BCUT2D eigenvalue weighted by atomic mass is 9.76. The van der Waals surface area contributed by atoms with Crippen molar-refractivity contribution in [1.29, 1.82) is 0 Å². The SMILES string of the molecule is C=C(O)/C=C\C(=C)C(CC(C)(C)C)C(C)C. The molecule has 1 N–H and O–H groups in total. The van der Waals surface area contributed by atoms with Crippen LogP contribution < -0.4 is 0 Å². The van der Waals surface area contributed by atoms with Crippen LogP contribution in [0.5, 0.6) is 0 Å². The molecular weight excluding hydrogens is 196 g/mol. The third-order valence-corrected chi connectivity index (χ3v) is 2.60. The summed E-state index contributed by atoms with van der Waals surface area (Å²) in [6.07, 6.45) is 4.59. The van der Waals surface area contributed by atoms with E-state index in [0.29, 0.717) is 17.3 Å². The van der Waals surface area contributed by atoms with E-state index in [2.05, 4.69) is 47.8 Å². The summed E-state index contributed by atoms with van der Waals surface area (Å²) in [7, 11) is 0. The number of aliphatic hydroxyl groups excluding tert-OH is 1. The average Bonchev–Trinajstić information content (AvgIpc) is 2.08. The first-order chi connectivity index (χ1) is 7.13. The molecule has 16 heavy (non-hydrogen) atoms. The normalized spacial score (nSPS) is 14.4. The Morgan fingerprint density at radius 2 is 1.69 bits per heavy atom. The van der Waals surface area contributed by atoms with Crippen molar-refractivity contribution in [3.8, 4) is 0 Å². The van der Waals surface area contributed by atoms with Gasteiger partial charge in [0, 0.05) is 0 Å². The number of allylic oxidation sites excluding steroid dienone is 3. The molecule has 0 fully saturated rings. The van der Waals surface area contributed by atoms with E-state index in [0.717, 1.165) is 12.0 Å². The fourth-order valence-corrected chi connectivity index (χ4v) is 1.78. The van der Waals surface area contributed by atoms with Crippen LogP contribution in [0, 0.1) is 17.3 Å². The molecule has 0 radical (unpaired) electrons. The van der Waals surface area contributed by atoms with Crippen LogP contribution in [0.2, 0.25) is 0 Å². The second kappa shape index (κ2) is 5.93. The van der Waals surface area contributed by atoms with Crippen molar-refractivity contribution in [2.45, 2.75) is 41.0 Å². The zero-order valence-corrected chi connectivity index (χ0v) is 11.4. The van der Waals surface area contributed by atoms with Gasteiger partial charge in [-0.15, -0.1) is 0 Å². The number of hydrogen-bond donors (Lipinski definition) is 1. The molecule has 0 aliphatic carbocycles. The van der Waals surface area contributed by atoms with Gasteiger partial charge in [-0.05, 0) is 29.7 Å². The summed E-state index contributed by atoms with van der Waals surface area (Å²) in [5, 5.41) is 9.03. The van der Waals surface area contributed by atoms with Crippen LogP contribution in [-0.4, -0.2) is 5.11 Å². The van der Waals surface area contributed by atoms with E-state index in [4.69, 9.17) is 5.11 Å². The lowest BCUT2D eigenvalue weighted by molar-refractivity contribution is 0.276. The maximum absolute atomic E-state index is 9.03. The highest BCUT2D eigenvalue weighted by Gasteiger charge is 2.22. The Bertz CT molecular complexity index is 276. The van der Waals surface area contributed by atoms with Gasteiger partial charge in [0.2, 0.25) is 0 Å². The Morgan fingerprint density at radius 3 is 2.00 bits per heavy atom. The fraction of sp³-hybridized carbons (Fsp3) is 0.600. The van der Waals surface area contributed by atoms with Crippen LogP contribution in [0.15, 0.2) is 36.6 Å². The van der Waals surface area contributed by atoms with E-state index in [1.807, 2.05) is 6.08 Å². The van der Waals surface area contributed by atoms with Crippen LogP contribution in [-0.2, 0) is 0 Å². The van der Waals surface area contributed by atoms with E-state index < -0.39 is 0 Å². The van der Waals surface area contributed by atoms with Crippen LogP contribution in [0.25, 0.3) is 0 Å². The van der Waals surface area contributed by atoms with Gasteiger partial charge in [0.1, 0.15) is 5.76 Å². The predicted octanol–water partition coefficient (Wildman–Crippen LogP) is 4.88. The standard InChI is InChI=1S/C15H26O/c1-11(2)14(10-15(5,6)7)12(3)8-9-13(4)16/h8-9,11,14,16H,3-4,10H2,1-2,5-7H3/b9-8-. The summed E-state index contributed by atoms with van der Waals surface area (Å²) in [6, 6.07) is 0. The molecule has 0 aliphatic rings. The molecule has 0 aliphatic heterocycles. The molecule has 0 aromatic carbocycles. The van der Waals surface area contributed by atoms with Gasteiger partial charge in [-0.25, -0.2) is 0 Å². The number of hydrogen-bond acceptors (Lipinski definition) is 1. The molecule has 1 heteroatoms. The molecule has 0 rings (SSSR count). The van der Waals surface area contributed by atoms with Crippen molar-refractivity contribution >= 4 is 0 Å². The van der Waals surface area contributed by atoms with Crippen molar-refractivity contribution in [3.63, 3.8) is 0 Å². The minimum atomic E-state index is 0.0828. The maximum Gasteiger partial charge on any atom is 0.108 e. The first-order valence-electron chi connectivity index (χ1n) is 5.88. The Balaban J connectivity index is 4.67. The first-order valence-corrected chi connectivity index (χ1v) is 5.88. The fourth-order valence-electron chi connectivity index (χ4n) is 1.78. The molecule has 0 spiro atoms. The highest BCUT2D eigenvalue weighted by atomic mass is 16.3. The molecule has 0 amide bonds. The molecule has 92 valence electrons.